The summed E-state index contributed by atoms with van der Waals surface area (Å²) < 4.78 is 0. The minimum atomic E-state index is -0.120. The van der Waals surface area contributed by atoms with Gasteiger partial charge in [-0.15, -0.1) is 0 Å². The molecule has 18 heavy (non-hydrogen) atoms. The Balaban J connectivity index is 2.22. The summed E-state index contributed by atoms with van der Waals surface area (Å²) in [6, 6.07) is 9.78. The standard InChI is InChI=1S/C15H17ClN2/c1-10-7-11(2)15(18-9-10)14(17)8-12-5-3-4-6-13(12)16/h3-7,9,14H,8,17H2,1-2H3. The number of hydrogen-bond acceptors (Lipinski definition) is 2. The molecule has 94 valence electrons. The fourth-order valence-electron chi connectivity index (χ4n) is 2.11. The Morgan fingerprint density at radius 1 is 1.28 bits per heavy atom. The van der Waals surface area contributed by atoms with E-state index in [0.29, 0.717) is 6.42 Å². The number of pyridine rings is 1. The highest BCUT2D eigenvalue weighted by Gasteiger charge is 2.12. The molecule has 0 saturated carbocycles. The Kier molecular flexibility index (Phi) is 4.00. The van der Waals surface area contributed by atoms with Crippen LogP contribution in [0.4, 0.5) is 0 Å². The van der Waals surface area contributed by atoms with Gasteiger partial charge >= 0.3 is 0 Å². The van der Waals surface area contributed by atoms with Crippen LogP contribution >= 0.6 is 11.6 Å². The summed E-state index contributed by atoms with van der Waals surface area (Å²) in [5.41, 5.74) is 10.5. The Morgan fingerprint density at radius 2 is 2.00 bits per heavy atom. The molecule has 1 atom stereocenters. The molecule has 0 aliphatic rings. The second-order valence-electron chi connectivity index (χ2n) is 4.62. The Morgan fingerprint density at radius 3 is 2.67 bits per heavy atom. The topological polar surface area (TPSA) is 38.9 Å². The number of hydrogen-bond donors (Lipinski definition) is 1. The van der Waals surface area contributed by atoms with Gasteiger partial charge in [-0.05, 0) is 43.0 Å². The van der Waals surface area contributed by atoms with Gasteiger partial charge in [-0.3, -0.25) is 4.98 Å². The Labute approximate surface area is 113 Å². The molecule has 3 heteroatoms. The van der Waals surface area contributed by atoms with E-state index in [2.05, 4.69) is 11.1 Å². The first-order chi connectivity index (χ1) is 8.58. The molecule has 0 fully saturated rings. The maximum atomic E-state index is 6.23. The van der Waals surface area contributed by atoms with Crippen molar-refractivity contribution in [3.05, 3.63) is 63.9 Å². The van der Waals surface area contributed by atoms with E-state index in [1.165, 1.54) is 0 Å². The molecule has 0 aliphatic heterocycles. The van der Waals surface area contributed by atoms with E-state index in [1.807, 2.05) is 44.3 Å². The molecule has 0 radical (unpaired) electrons. The zero-order valence-corrected chi connectivity index (χ0v) is 11.4. The van der Waals surface area contributed by atoms with Crippen LogP contribution in [0.5, 0.6) is 0 Å². The first-order valence-electron chi connectivity index (χ1n) is 6.00. The molecule has 0 aliphatic carbocycles. The van der Waals surface area contributed by atoms with Crippen molar-refractivity contribution < 1.29 is 0 Å². The van der Waals surface area contributed by atoms with Gasteiger partial charge in [0, 0.05) is 11.2 Å². The summed E-state index contributed by atoms with van der Waals surface area (Å²) in [6.07, 6.45) is 2.56. The van der Waals surface area contributed by atoms with Crippen LogP contribution in [0.25, 0.3) is 0 Å². The average molecular weight is 261 g/mol. The lowest BCUT2D eigenvalue weighted by atomic mass is 10.00. The van der Waals surface area contributed by atoms with Crippen LogP contribution in [0.1, 0.15) is 28.4 Å². The third-order valence-corrected chi connectivity index (χ3v) is 3.37. The van der Waals surface area contributed by atoms with E-state index < -0.39 is 0 Å². The van der Waals surface area contributed by atoms with Crippen molar-refractivity contribution in [1.82, 2.24) is 4.98 Å². The lowest BCUT2D eigenvalue weighted by Gasteiger charge is -2.15. The van der Waals surface area contributed by atoms with Crippen molar-refractivity contribution in [2.75, 3.05) is 0 Å². The van der Waals surface area contributed by atoms with E-state index in [1.54, 1.807) is 0 Å². The van der Waals surface area contributed by atoms with Crippen LogP contribution in [-0.2, 0) is 6.42 Å². The van der Waals surface area contributed by atoms with Crippen molar-refractivity contribution in [1.29, 1.82) is 0 Å². The fourth-order valence-corrected chi connectivity index (χ4v) is 2.32. The number of halogens is 1. The fraction of sp³-hybridized carbons (Fsp3) is 0.267. The Bertz CT molecular complexity index is 552. The van der Waals surface area contributed by atoms with E-state index in [4.69, 9.17) is 17.3 Å². The first-order valence-corrected chi connectivity index (χ1v) is 6.38. The van der Waals surface area contributed by atoms with Crippen molar-refractivity contribution in [2.45, 2.75) is 26.3 Å². The minimum absolute atomic E-state index is 0.120. The molecule has 0 amide bonds. The number of nitrogens with zero attached hydrogens (tertiary/aromatic N) is 1. The molecule has 0 bridgehead atoms. The number of rotatable bonds is 3. The van der Waals surface area contributed by atoms with Crippen molar-refractivity contribution in [2.24, 2.45) is 5.73 Å². The normalized spacial score (nSPS) is 12.4. The molecule has 1 unspecified atom stereocenters. The van der Waals surface area contributed by atoms with E-state index >= 15 is 0 Å². The number of nitrogens with two attached hydrogens (primary N) is 1. The minimum Gasteiger partial charge on any atom is -0.322 e. The van der Waals surface area contributed by atoms with Crippen molar-refractivity contribution in [3.8, 4) is 0 Å². The molecule has 0 saturated heterocycles. The van der Waals surface area contributed by atoms with Gasteiger partial charge in [0.05, 0.1) is 11.7 Å². The molecule has 2 N–H and O–H groups in total. The molecule has 2 nitrogen and oxygen atoms in total. The quantitative estimate of drug-likeness (QED) is 0.916. The van der Waals surface area contributed by atoms with Gasteiger partial charge in [-0.25, -0.2) is 0 Å². The van der Waals surface area contributed by atoms with Crippen LogP contribution < -0.4 is 5.73 Å². The maximum Gasteiger partial charge on any atom is 0.0603 e. The summed E-state index contributed by atoms with van der Waals surface area (Å²) in [5.74, 6) is 0. The largest absolute Gasteiger partial charge is 0.322 e. The number of benzene rings is 1. The molecule has 2 aromatic rings. The highest BCUT2D eigenvalue weighted by molar-refractivity contribution is 6.31. The maximum absolute atomic E-state index is 6.23. The Hall–Kier alpha value is -1.38. The SMILES string of the molecule is Cc1cnc(C(N)Cc2ccccc2Cl)c(C)c1. The number of aryl methyl sites for hydroxylation is 2. The second kappa shape index (κ2) is 5.51. The predicted molar refractivity (Wildman–Crippen MR) is 75.8 cm³/mol. The number of aromatic nitrogens is 1. The van der Waals surface area contributed by atoms with Crippen LogP contribution in [0, 0.1) is 13.8 Å². The summed E-state index contributed by atoms with van der Waals surface area (Å²) in [6.45, 7) is 4.07. The van der Waals surface area contributed by atoms with Gasteiger partial charge < -0.3 is 5.73 Å². The van der Waals surface area contributed by atoms with E-state index in [-0.39, 0.29) is 6.04 Å². The highest BCUT2D eigenvalue weighted by atomic mass is 35.5. The monoisotopic (exact) mass is 260 g/mol. The predicted octanol–water partition coefficient (Wildman–Crippen LogP) is 3.59. The summed E-state index contributed by atoms with van der Waals surface area (Å²) in [4.78, 5) is 4.44. The lowest BCUT2D eigenvalue weighted by Crippen LogP contribution is -2.16. The molecule has 1 aromatic carbocycles. The molecule has 1 heterocycles. The van der Waals surface area contributed by atoms with Gasteiger partial charge in [-0.1, -0.05) is 35.9 Å². The van der Waals surface area contributed by atoms with Crippen molar-refractivity contribution >= 4 is 11.6 Å². The van der Waals surface area contributed by atoms with Gasteiger partial charge in [0.15, 0.2) is 0 Å². The third-order valence-electron chi connectivity index (χ3n) is 3.00. The van der Waals surface area contributed by atoms with E-state index in [0.717, 1.165) is 27.4 Å². The summed E-state index contributed by atoms with van der Waals surface area (Å²) in [7, 11) is 0. The zero-order valence-electron chi connectivity index (χ0n) is 10.7. The van der Waals surface area contributed by atoms with Gasteiger partial charge in [-0.2, -0.15) is 0 Å². The average Bonchev–Trinajstić information content (AvgIpc) is 2.32. The van der Waals surface area contributed by atoms with Crippen LogP contribution in [-0.4, -0.2) is 4.98 Å². The highest BCUT2D eigenvalue weighted by Crippen LogP contribution is 2.22. The smallest absolute Gasteiger partial charge is 0.0603 e. The summed E-state index contributed by atoms with van der Waals surface area (Å²) in [5, 5.41) is 0.762. The van der Waals surface area contributed by atoms with Gasteiger partial charge in [0.1, 0.15) is 0 Å². The lowest BCUT2D eigenvalue weighted by molar-refractivity contribution is 0.689. The van der Waals surface area contributed by atoms with Gasteiger partial charge in [0.2, 0.25) is 0 Å². The molecule has 1 aromatic heterocycles. The van der Waals surface area contributed by atoms with Gasteiger partial charge in [0.25, 0.3) is 0 Å². The third kappa shape index (κ3) is 2.89. The van der Waals surface area contributed by atoms with E-state index in [9.17, 15) is 0 Å². The molecule has 2 rings (SSSR count). The molecular formula is C15H17ClN2. The second-order valence-corrected chi connectivity index (χ2v) is 5.02. The molecule has 0 spiro atoms. The van der Waals surface area contributed by atoms with Crippen LogP contribution in [0.2, 0.25) is 5.02 Å². The van der Waals surface area contributed by atoms with Crippen LogP contribution in [0.15, 0.2) is 36.5 Å². The molecular weight excluding hydrogens is 244 g/mol. The van der Waals surface area contributed by atoms with Crippen molar-refractivity contribution in [3.63, 3.8) is 0 Å². The zero-order chi connectivity index (χ0) is 13.1. The van der Waals surface area contributed by atoms with Crippen LogP contribution in [0.3, 0.4) is 0 Å². The first kappa shape index (κ1) is 13.1. The summed E-state index contributed by atoms with van der Waals surface area (Å²) >= 11 is 6.14.